The minimum Gasteiger partial charge on any atom is -0.373 e. The highest BCUT2D eigenvalue weighted by molar-refractivity contribution is 5.63. The van der Waals surface area contributed by atoms with Crippen LogP contribution in [0.4, 0.5) is 11.8 Å². The molecular formula is C14H19N5. The summed E-state index contributed by atoms with van der Waals surface area (Å²) in [5, 5.41) is 6.35. The van der Waals surface area contributed by atoms with Crippen LogP contribution in [0.25, 0.3) is 11.3 Å². The number of anilines is 2. The van der Waals surface area contributed by atoms with Crippen LogP contribution in [0.2, 0.25) is 0 Å². The predicted molar refractivity (Wildman–Crippen MR) is 78.2 cm³/mol. The van der Waals surface area contributed by atoms with Gasteiger partial charge in [0, 0.05) is 37.1 Å². The third-order valence-corrected chi connectivity index (χ3v) is 2.93. The topological polar surface area (TPSA) is 62.7 Å². The summed E-state index contributed by atoms with van der Waals surface area (Å²) in [6, 6.07) is 6.15. The smallest absolute Gasteiger partial charge is 0.225 e. The van der Waals surface area contributed by atoms with Gasteiger partial charge in [-0.05, 0) is 25.5 Å². The van der Waals surface area contributed by atoms with Gasteiger partial charge in [-0.3, -0.25) is 4.98 Å². The van der Waals surface area contributed by atoms with E-state index in [0.717, 1.165) is 23.5 Å². The molecule has 0 radical (unpaired) electrons. The molecule has 2 aromatic rings. The van der Waals surface area contributed by atoms with Crippen LogP contribution < -0.4 is 10.6 Å². The minimum atomic E-state index is 0.342. The molecule has 0 saturated heterocycles. The van der Waals surface area contributed by atoms with Gasteiger partial charge in [-0.1, -0.05) is 6.92 Å². The molecule has 0 fully saturated rings. The summed E-state index contributed by atoms with van der Waals surface area (Å²) < 4.78 is 0. The van der Waals surface area contributed by atoms with Gasteiger partial charge in [0.15, 0.2) is 0 Å². The second-order valence-electron chi connectivity index (χ2n) is 4.41. The zero-order valence-corrected chi connectivity index (χ0v) is 11.5. The van der Waals surface area contributed by atoms with Gasteiger partial charge in [0.25, 0.3) is 0 Å². The highest BCUT2D eigenvalue weighted by Crippen LogP contribution is 2.20. The zero-order chi connectivity index (χ0) is 13.7. The van der Waals surface area contributed by atoms with Crippen molar-refractivity contribution in [2.24, 2.45) is 0 Å². The lowest BCUT2D eigenvalue weighted by atomic mass is 10.2. The molecule has 0 spiro atoms. The van der Waals surface area contributed by atoms with Gasteiger partial charge in [0.2, 0.25) is 5.95 Å². The number of nitrogens with one attached hydrogen (secondary N) is 2. The van der Waals surface area contributed by atoms with Crippen molar-refractivity contribution >= 4 is 11.8 Å². The summed E-state index contributed by atoms with van der Waals surface area (Å²) in [5.74, 6) is 1.43. The lowest BCUT2D eigenvalue weighted by Crippen LogP contribution is -2.16. The van der Waals surface area contributed by atoms with E-state index in [1.54, 1.807) is 12.4 Å². The Morgan fingerprint density at radius 2 is 2.16 bits per heavy atom. The van der Waals surface area contributed by atoms with E-state index in [1.807, 2.05) is 25.2 Å². The number of aromatic nitrogens is 3. The van der Waals surface area contributed by atoms with E-state index in [9.17, 15) is 0 Å². The van der Waals surface area contributed by atoms with Crippen molar-refractivity contribution in [3.63, 3.8) is 0 Å². The van der Waals surface area contributed by atoms with Crippen molar-refractivity contribution in [3.8, 4) is 11.3 Å². The van der Waals surface area contributed by atoms with Crippen LogP contribution in [0.15, 0.2) is 30.6 Å². The van der Waals surface area contributed by atoms with E-state index in [2.05, 4.69) is 39.4 Å². The van der Waals surface area contributed by atoms with E-state index >= 15 is 0 Å². The lowest BCUT2D eigenvalue weighted by molar-refractivity contribution is 0.753. The number of nitrogens with zero attached hydrogens (tertiary/aromatic N) is 3. The molecule has 0 unspecified atom stereocenters. The Bertz CT molecular complexity index is 527. The summed E-state index contributed by atoms with van der Waals surface area (Å²) in [4.78, 5) is 13.1. The van der Waals surface area contributed by atoms with Gasteiger partial charge in [-0.25, -0.2) is 4.98 Å². The standard InChI is InChI=1S/C14H19N5/c1-4-10(2)17-14-18-12(8-13(15-3)19-14)11-6-5-7-16-9-11/h5-10H,4H2,1-3H3,(H2,15,17,18,19)/t10-/m0/s1. The number of rotatable bonds is 5. The molecule has 5 nitrogen and oxygen atoms in total. The quantitative estimate of drug-likeness (QED) is 0.862. The first kappa shape index (κ1) is 13.3. The molecule has 0 aliphatic rings. The second-order valence-corrected chi connectivity index (χ2v) is 4.41. The molecule has 0 bridgehead atoms. The van der Waals surface area contributed by atoms with E-state index in [1.165, 1.54) is 0 Å². The van der Waals surface area contributed by atoms with Crippen LogP contribution in [-0.4, -0.2) is 28.0 Å². The average molecular weight is 257 g/mol. The first-order valence-corrected chi connectivity index (χ1v) is 6.46. The fourth-order valence-corrected chi connectivity index (χ4v) is 1.62. The van der Waals surface area contributed by atoms with E-state index < -0.39 is 0 Å². The molecule has 1 atom stereocenters. The Balaban J connectivity index is 2.36. The molecule has 0 aromatic carbocycles. The van der Waals surface area contributed by atoms with Crippen molar-refractivity contribution in [3.05, 3.63) is 30.6 Å². The first-order chi connectivity index (χ1) is 9.22. The fourth-order valence-electron chi connectivity index (χ4n) is 1.62. The summed E-state index contributed by atoms with van der Waals surface area (Å²) >= 11 is 0. The van der Waals surface area contributed by atoms with Crippen LogP contribution in [0.5, 0.6) is 0 Å². The van der Waals surface area contributed by atoms with Crippen LogP contribution in [-0.2, 0) is 0 Å². The van der Waals surface area contributed by atoms with Crippen LogP contribution in [0.3, 0.4) is 0 Å². The summed E-state index contributed by atoms with van der Waals surface area (Å²) in [5.41, 5.74) is 1.84. The molecule has 19 heavy (non-hydrogen) atoms. The van der Waals surface area contributed by atoms with Crippen LogP contribution in [0, 0.1) is 0 Å². The highest BCUT2D eigenvalue weighted by atomic mass is 15.1. The minimum absolute atomic E-state index is 0.342. The predicted octanol–water partition coefficient (Wildman–Crippen LogP) is 2.79. The third kappa shape index (κ3) is 3.40. The Hall–Kier alpha value is -2.17. The third-order valence-electron chi connectivity index (χ3n) is 2.93. The molecular weight excluding hydrogens is 238 g/mol. The molecule has 100 valence electrons. The van der Waals surface area contributed by atoms with E-state index in [4.69, 9.17) is 0 Å². The zero-order valence-electron chi connectivity index (χ0n) is 11.5. The lowest BCUT2D eigenvalue weighted by Gasteiger charge is -2.13. The Morgan fingerprint density at radius 3 is 2.79 bits per heavy atom. The Kier molecular flexibility index (Phi) is 4.28. The number of hydrogen-bond donors (Lipinski definition) is 2. The molecule has 5 heteroatoms. The largest absolute Gasteiger partial charge is 0.373 e. The monoisotopic (exact) mass is 257 g/mol. The van der Waals surface area contributed by atoms with Crippen molar-refractivity contribution in [1.82, 2.24) is 15.0 Å². The summed E-state index contributed by atoms with van der Waals surface area (Å²) in [6.45, 7) is 4.24. The maximum absolute atomic E-state index is 4.54. The summed E-state index contributed by atoms with van der Waals surface area (Å²) in [6.07, 6.45) is 4.58. The van der Waals surface area contributed by atoms with E-state index in [-0.39, 0.29) is 0 Å². The fraction of sp³-hybridized carbons (Fsp3) is 0.357. The maximum Gasteiger partial charge on any atom is 0.225 e. The number of pyridine rings is 1. The molecule has 0 saturated carbocycles. The molecule has 0 aliphatic heterocycles. The number of hydrogen-bond acceptors (Lipinski definition) is 5. The molecule has 2 rings (SSSR count). The van der Waals surface area contributed by atoms with Gasteiger partial charge >= 0.3 is 0 Å². The second kappa shape index (κ2) is 6.13. The van der Waals surface area contributed by atoms with Gasteiger partial charge < -0.3 is 10.6 Å². The highest BCUT2D eigenvalue weighted by Gasteiger charge is 2.07. The summed E-state index contributed by atoms with van der Waals surface area (Å²) in [7, 11) is 1.85. The van der Waals surface area contributed by atoms with Gasteiger partial charge in [0.1, 0.15) is 5.82 Å². The van der Waals surface area contributed by atoms with Crippen LogP contribution >= 0.6 is 0 Å². The first-order valence-electron chi connectivity index (χ1n) is 6.46. The van der Waals surface area contributed by atoms with Crippen molar-refractivity contribution < 1.29 is 0 Å². The SMILES string of the molecule is CC[C@H](C)Nc1nc(NC)cc(-c2cccnc2)n1. The molecule has 2 aromatic heterocycles. The Morgan fingerprint density at radius 1 is 1.32 bits per heavy atom. The molecule has 0 aliphatic carbocycles. The van der Waals surface area contributed by atoms with Gasteiger partial charge in [-0.15, -0.1) is 0 Å². The van der Waals surface area contributed by atoms with Gasteiger partial charge in [-0.2, -0.15) is 4.98 Å². The normalized spacial score (nSPS) is 11.9. The molecule has 2 N–H and O–H groups in total. The van der Waals surface area contributed by atoms with Gasteiger partial charge in [0.05, 0.1) is 5.69 Å². The van der Waals surface area contributed by atoms with Crippen LogP contribution in [0.1, 0.15) is 20.3 Å². The van der Waals surface area contributed by atoms with E-state index in [0.29, 0.717) is 12.0 Å². The van der Waals surface area contributed by atoms with Crippen molar-refractivity contribution in [2.75, 3.05) is 17.7 Å². The van der Waals surface area contributed by atoms with Crippen molar-refractivity contribution in [1.29, 1.82) is 0 Å². The maximum atomic E-state index is 4.54. The molecule has 0 amide bonds. The van der Waals surface area contributed by atoms with Crippen molar-refractivity contribution in [2.45, 2.75) is 26.3 Å². The Labute approximate surface area is 113 Å². The average Bonchev–Trinajstić information content (AvgIpc) is 2.47. The molecule has 2 heterocycles.